The van der Waals surface area contributed by atoms with Gasteiger partial charge in [-0.05, 0) is 6.07 Å². The van der Waals surface area contributed by atoms with Gasteiger partial charge < -0.3 is 5.11 Å². The average molecular weight is 304 g/mol. The summed E-state index contributed by atoms with van der Waals surface area (Å²) < 4.78 is 27.0. The van der Waals surface area contributed by atoms with Crippen LogP contribution in [0.25, 0.3) is 10.9 Å². The van der Waals surface area contributed by atoms with Crippen LogP contribution in [0.2, 0.25) is 5.15 Å². The number of aliphatic hydroxyl groups is 1. The molecule has 19 heavy (non-hydrogen) atoms. The van der Waals surface area contributed by atoms with E-state index in [1.165, 1.54) is 30.3 Å². The molecule has 104 valence electrons. The summed E-state index contributed by atoms with van der Waals surface area (Å²) in [6, 6.07) is 3.19. The first kappa shape index (κ1) is 14.3. The van der Waals surface area contributed by atoms with Gasteiger partial charge in [0.15, 0.2) is 0 Å². The van der Waals surface area contributed by atoms with Crippen molar-refractivity contribution >= 4 is 32.7 Å². The van der Waals surface area contributed by atoms with Crippen molar-refractivity contribution in [3.05, 3.63) is 29.2 Å². The molecule has 6 nitrogen and oxygen atoms in total. The first-order chi connectivity index (χ1) is 8.87. The van der Waals surface area contributed by atoms with E-state index < -0.39 is 10.2 Å². The minimum Gasteiger partial charge on any atom is -0.396 e. The third kappa shape index (κ3) is 2.46. The zero-order chi connectivity index (χ0) is 14.2. The van der Waals surface area contributed by atoms with Gasteiger partial charge in [-0.25, -0.2) is 8.96 Å². The third-order valence-electron chi connectivity index (χ3n) is 2.74. The zero-order valence-corrected chi connectivity index (χ0v) is 12.1. The van der Waals surface area contributed by atoms with Gasteiger partial charge in [-0.15, -0.1) is 0 Å². The molecule has 0 aromatic carbocycles. The van der Waals surface area contributed by atoms with Crippen LogP contribution in [-0.2, 0) is 16.6 Å². The number of hydrogen-bond donors (Lipinski definition) is 1. The molecule has 0 fully saturated rings. The number of halogens is 1. The monoisotopic (exact) mass is 303 g/mol. The number of fused-ring (bicyclic) bond motifs is 1. The lowest BCUT2D eigenvalue weighted by Gasteiger charge is -2.16. The van der Waals surface area contributed by atoms with Crippen LogP contribution < -0.4 is 0 Å². The molecule has 0 spiro atoms. The van der Waals surface area contributed by atoms with E-state index in [1.807, 2.05) is 0 Å². The second-order valence-electron chi connectivity index (χ2n) is 4.23. The molecular weight excluding hydrogens is 290 g/mol. The smallest absolute Gasteiger partial charge is 0.307 e. The molecule has 0 atom stereocenters. The normalized spacial score (nSPS) is 12.5. The molecule has 8 heteroatoms. The molecule has 0 bridgehead atoms. The van der Waals surface area contributed by atoms with Crippen LogP contribution in [0.4, 0.5) is 0 Å². The van der Waals surface area contributed by atoms with Crippen LogP contribution in [0.1, 0.15) is 5.69 Å². The van der Waals surface area contributed by atoms with Crippen molar-refractivity contribution in [3.8, 4) is 0 Å². The molecule has 1 N–H and O–H groups in total. The molecule has 0 saturated heterocycles. The van der Waals surface area contributed by atoms with Gasteiger partial charge in [0.1, 0.15) is 5.15 Å². The highest BCUT2D eigenvalue weighted by Gasteiger charge is 2.23. The van der Waals surface area contributed by atoms with Crippen molar-refractivity contribution in [3.63, 3.8) is 0 Å². The summed E-state index contributed by atoms with van der Waals surface area (Å²) in [7, 11) is -0.775. The first-order valence-corrected chi connectivity index (χ1v) is 7.35. The molecule has 0 unspecified atom stereocenters. The van der Waals surface area contributed by atoms with Gasteiger partial charge in [0.05, 0.1) is 5.52 Å². The maximum Gasteiger partial charge on any atom is 0.307 e. The SMILES string of the molecule is CN(C)S(=O)(=O)n1c(CCO)cc2cnc(Cl)cc21. The summed E-state index contributed by atoms with van der Waals surface area (Å²) in [6.07, 6.45) is 1.75. The van der Waals surface area contributed by atoms with Crippen molar-refractivity contribution < 1.29 is 13.5 Å². The summed E-state index contributed by atoms with van der Waals surface area (Å²) in [4.78, 5) is 3.93. The summed E-state index contributed by atoms with van der Waals surface area (Å²) in [6.45, 7) is -0.138. The Bertz CT molecular complexity index is 709. The lowest BCUT2D eigenvalue weighted by molar-refractivity contribution is 0.298. The third-order valence-corrected chi connectivity index (χ3v) is 4.76. The van der Waals surface area contributed by atoms with Gasteiger partial charge in [0, 0.05) is 50.5 Å². The lowest BCUT2D eigenvalue weighted by atomic mass is 10.3. The topological polar surface area (TPSA) is 75.4 Å². The maximum absolute atomic E-state index is 12.4. The molecule has 0 saturated carbocycles. The molecule has 2 aromatic rings. The fourth-order valence-corrected chi connectivity index (χ4v) is 3.16. The molecule has 0 aliphatic heterocycles. The van der Waals surface area contributed by atoms with Gasteiger partial charge in [-0.1, -0.05) is 11.6 Å². The highest BCUT2D eigenvalue weighted by Crippen LogP contribution is 2.24. The van der Waals surface area contributed by atoms with Crippen LogP contribution in [0.3, 0.4) is 0 Å². The van der Waals surface area contributed by atoms with E-state index >= 15 is 0 Å². The highest BCUT2D eigenvalue weighted by molar-refractivity contribution is 7.87. The van der Waals surface area contributed by atoms with Crippen LogP contribution in [0, 0.1) is 0 Å². The Hall–Kier alpha value is -1.15. The van der Waals surface area contributed by atoms with E-state index in [-0.39, 0.29) is 18.2 Å². The van der Waals surface area contributed by atoms with E-state index in [1.54, 1.807) is 6.07 Å². The first-order valence-electron chi connectivity index (χ1n) is 5.57. The van der Waals surface area contributed by atoms with Crippen molar-refractivity contribution in [1.82, 2.24) is 13.3 Å². The minimum absolute atomic E-state index is 0.138. The quantitative estimate of drug-likeness (QED) is 0.851. The predicted molar refractivity (Wildman–Crippen MR) is 73.5 cm³/mol. The Morgan fingerprint density at radius 2 is 2.11 bits per heavy atom. The van der Waals surface area contributed by atoms with Crippen molar-refractivity contribution in [2.45, 2.75) is 6.42 Å². The van der Waals surface area contributed by atoms with Crippen LogP contribution in [0.5, 0.6) is 0 Å². The summed E-state index contributed by atoms with van der Waals surface area (Å²) in [5.74, 6) is 0. The van der Waals surface area contributed by atoms with Crippen LogP contribution in [0.15, 0.2) is 18.3 Å². The number of aliphatic hydroxyl groups excluding tert-OH is 1. The fraction of sp³-hybridized carbons (Fsp3) is 0.364. The Balaban J connectivity index is 2.81. The van der Waals surface area contributed by atoms with E-state index in [4.69, 9.17) is 16.7 Å². The standard InChI is InChI=1S/C11H14ClN3O3S/c1-14(2)19(17,18)15-9(3-4-16)5-8-7-13-11(12)6-10(8)15/h5-7,16H,3-4H2,1-2H3. The number of rotatable bonds is 4. The molecule has 0 amide bonds. The molecule has 2 heterocycles. The second kappa shape index (κ2) is 5.09. The van der Waals surface area contributed by atoms with Crippen molar-refractivity contribution in [2.75, 3.05) is 20.7 Å². The Kier molecular flexibility index (Phi) is 3.82. The largest absolute Gasteiger partial charge is 0.396 e. The highest BCUT2D eigenvalue weighted by atomic mass is 35.5. The molecule has 0 radical (unpaired) electrons. The van der Waals surface area contributed by atoms with Crippen molar-refractivity contribution in [1.29, 1.82) is 0 Å². The summed E-state index contributed by atoms with van der Waals surface area (Å²) >= 11 is 5.82. The Morgan fingerprint density at radius 3 is 2.68 bits per heavy atom. The molecule has 0 aliphatic rings. The second-order valence-corrected chi connectivity index (χ2v) is 6.61. The van der Waals surface area contributed by atoms with Crippen LogP contribution >= 0.6 is 11.6 Å². The van der Waals surface area contributed by atoms with E-state index in [2.05, 4.69) is 4.98 Å². The van der Waals surface area contributed by atoms with E-state index in [9.17, 15) is 8.42 Å². The predicted octanol–water partition coefficient (Wildman–Crippen LogP) is 0.879. The van der Waals surface area contributed by atoms with E-state index in [0.717, 1.165) is 4.31 Å². The number of aromatic nitrogens is 2. The number of pyridine rings is 1. The van der Waals surface area contributed by atoms with Gasteiger partial charge in [0.2, 0.25) is 0 Å². The fourth-order valence-electron chi connectivity index (χ4n) is 1.83. The molecular formula is C11H14ClN3O3S. The minimum atomic E-state index is -3.68. The zero-order valence-electron chi connectivity index (χ0n) is 10.5. The van der Waals surface area contributed by atoms with Crippen LogP contribution in [-0.4, -0.2) is 47.5 Å². The summed E-state index contributed by atoms with van der Waals surface area (Å²) in [5, 5.41) is 9.95. The average Bonchev–Trinajstić information content (AvgIpc) is 2.67. The number of hydrogen-bond acceptors (Lipinski definition) is 4. The Morgan fingerprint density at radius 1 is 1.42 bits per heavy atom. The van der Waals surface area contributed by atoms with Gasteiger partial charge >= 0.3 is 10.2 Å². The van der Waals surface area contributed by atoms with E-state index in [0.29, 0.717) is 16.6 Å². The molecule has 0 aliphatic carbocycles. The van der Waals surface area contributed by atoms with Gasteiger partial charge in [-0.3, -0.25) is 0 Å². The van der Waals surface area contributed by atoms with Crippen molar-refractivity contribution in [2.24, 2.45) is 0 Å². The van der Waals surface area contributed by atoms with Gasteiger partial charge in [-0.2, -0.15) is 12.7 Å². The Labute approximate surface area is 116 Å². The maximum atomic E-state index is 12.4. The summed E-state index contributed by atoms with van der Waals surface area (Å²) in [5.41, 5.74) is 0.951. The molecule has 2 rings (SSSR count). The van der Waals surface area contributed by atoms with Gasteiger partial charge in [0.25, 0.3) is 0 Å². The number of nitrogens with zero attached hydrogens (tertiary/aromatic N) is 3. The molecule has 2 aromatic heterocycles. The lowest BCUT2D eigenvalue weighted by Crippen LogP contribution is -2.30.